The topological polar surface area (TPSA) is 59.2 Å². The molecule has 0 unspecified atom stereocenters. The lowest BCUT2D eigenvalue weighted by Crippen LogP contribution is -2.38. The molecule has 1 saturated heterocycles. The van der Waals surface area contributed by atoms with Crippen molar-refractivity contribution >= 4 is 27.7 Å². The van der Waals surface area contributed by atoms with Gasteiger partial charge in [-0.2, -0.15) is 0 Å². The number of amides is 1. The Balaban J connectivity index is 2.03. The number of carbonyl (C=O) groups is 1. The second-order valence-electron chi connectivity index (χ2n) is 5.11. The fraction of sp³-hybridized carbons (Fsp3) is 0.571. The van der Waals surface area contributed by atoms with E-state index in [0.29, 0.717) is 11.4 Å². The van der Waals surface area contributed by atoms with E-state index in [1.807, 2.05) is 4.90 Å². The summed E-state index contributed by atoms with van der Waals surface area (Å²) in [6.07, 6.45) is 6.30. The lowest BCUT2D eigenvalue weighted by Gasteiger charge is -2.32. The highest BCUT2D eigenvalue weighted by Crippen LogP contribution is 2.24. The lowest BCUT2D eigenvalue weighted by atomic mass is 9.92. The van der Waals surface area contributed by atoms with Gasteiger partial charge in [-0.1, -0.05) is 19.8 Å². The van der Waals surface area contributed by atoms with Crippen LogP contribution in [0.3, 0.4) is 0 Å². The fourth-order valence-corrected chi connectivity index (χ4v) is 2.96. The molecule has 1 aromatic heterocycles. The number of nitrogen functional groups attached to an aromatic ring is 1. The van der Waals surface area contributed by atoms with E-state index in [9.17, 15) is 4.79 Å². The van der Waals surface area contributed by atoms with Gasteiger partial charge in [-0.3, -0.25) is 4.79 Å². The van der Waals surface area contributed by atoms with Gasteiger partial charge in [-0.05, 0) is 40.8 Å². The molecule has 1 aliphatic heterocycles. The van der Waals surface area contributed by atoms with Gasteiger partial charge in [0.05, 0.1) is 5.56 Å². The van der Waals surface area contributed by atoms with Crippen molar-refractivity contribution in [1.82, 2.24) is 9.88 Å². The van der Waals surface area contributed by atoms with Gasteiger partial charge >= 0.3 is 0 Å². The minimum Gasteiger partial charge on any atom is -0.383 e. The normalized spacial score (nSPS) is 16.6. The quantitative estimate of drug-likeness (QED) is 0.929. The third kappa shape index (κ3) is 3.47. The third-order valence-electron chi connectivity index (χ3n) is 3.71. The molecule has 2 N–H and O–H groups in total. The molecule has 1 amide bonds. The molecule has 1 aromatic rings. The molecule has 5 heteroatoms. The van der Waals surface area contributed by atoms with Crippen molar-refractivity contribution in [2.45, 2.75) is 32.6 Å². The SMILES string of the molecule is CCCC1CCN(C(=O)c2cc(Br)cnc2N)CC1. The maximum Gasteiger partial charge on any atom is 0.257 e. The Hall–Kier alpha value is -1.10. The highest BCUT2D eigenvalue weighted by molar-refractivity contribution is 9.10. The number of anilines is 1. The number of carbonyl (C=O) groups excluding carboxylic acids is 1. The Morgan fingerprint density at radius 2 is 2.21 bits per heavy atom. The number of piperidine rings is 1. The molecule has 0 atom stereocenters. The molecule has 0 spiro atoms. The first kappa shape index (κ1) is 14.3. The Kier molecular flexibility index (Phi) is 4.80. The summed E-state index contributed by atoms with van der Waals surface area (Å²) in [4.78, 5) is 18.3. The van der Waals surface area contributed by atoms with E-state index < -0.39 is 0 Å². The van der Waals surface area contributed by atoms with Crippen molar-refractivity contribution in [3.05, 3.63) is 22.3 Å². The Morgan fingerprint density at radius 1 is 1.53 bits per heavy atom. The average Bonchev–Trinajstić information content (AvgIpc) is 2.42. The molecule has 4 nitrogen and oxygen atoms in total. The number of hydrogen-bond donors (Lipinski definition) is 1. The van der Waals surface area contributed by atoms with Crippen molar-refractivity contribution in [3.63, 3.8) is 0 Å². The first-order valence-corrected chi connectivity index (χ1v) is 7.61. The second-order valence-corrected chi connectivity index (χ2v) is 6.03. The standard InChI is InChI=1S/C14H20BrN3O/c1-2-3-10-4-6-18(7-5-10)14(19)12-8-11(15)9-17-13(12)16/h8-10H,2-7H2,1H3,(H2,16,17). The van der Waals surface area contributed by atoms with E-state index in [2.05, 4.69) is 27.8 Å². The van der Waals surface area contributed by atoms with Crippen LogP contribution in [-0.2, 0) is 0 Å². The summed E-state index contributed by atoms with van der Waals surface area (Å²) in [5.74, 6) is 1.08. The van der Waals surface area contributed by atoms with Crippen molar-refractivity contribution < 1.29 is 4.79 Å². The van der Waals surface area contributed by atoms with Crippen molar-refractivity contribution in [1.29, 1.82) is 0 Å². The van der Waals surface area contributed by atoms with E-state index in [1.165, 1.54) is 12.8 Å². The van der Waals surface area contributed by atoms with Crippen LogP contribution in [0, 0.1) is 5.92 Å². The van der Waals surface area contributed by atoms with Crippen LogP contribution in [0.25, 0.3) is 0 Å². The number of halogens is 1. The molecule has 19 heavy (non-hydrogen) atoms. The maximum atomic E-state index is 12.4. The van der Waals surface area contributed by atoms with E-state index >= 15 is 0 Å². The molecule has 2 heterocycles. The molecule has 0 bridgehead atoms. The summed E-state index contributed by atoms with van der Waals surface area (Å²) >= 11 is 3.33. The van der Waals surface area contributed by atoms with Gasteiger partial charge in [0.1, 0.15) is 5.82 Å². The number of likely N-dealkylation sites (tertiary alicyclic amines) is 1. The summed E-state index contributed by atoms with van der Waals surface area (Å²) in [5.41, 5.74) is 6.30. The number of rotatable bonds is 3. The number of nitrogens with zero attached hydrogens (tertiary/aromatic N) is 2. The van der Waals surface area contributed by atoms with Crippen LogP contribution in [0.4, 0.5) is 5.82 Å². The first-order valence-electron chi connectivity index (χ1n) is 6.82. The van der Waals surface area contributed by atoms with Crippen LogP contribution in [-0.4, -0.2) is 28.9 Å². The molecule has 0 radical (unpaired) electrons. The summed E-state index contributed by atoms with van der Waals surface area (Å²) < 4.78 is 0.783. The monoisotopic (exact) mass is 325 g/mol. The molecule has 1 fully saturated rings. The zero-order chi connectivity index (χ0) is 13.8. The van der Waals surface area contributed by atoms with Crippen molar-refractivity contribution in [3.8, 4) is 0 Å². The van der Waals surface area contributed by atoms with Crippen LogP contribution in [0.2, 0.25) is 0 Å². The van der Waals surface area contributed by atoms with E-state index in [4.69, 9.17) is 5.73 Å². The van der Waals surface area contributed by atoms with Crippen LogP contribution in [0.15, 0.2) is 16.7 Å². The molecule has 2 rings (SSSR count). The molecule has 1 aliphatic rings. The number of hydrogen-bond acceptors (Lipinski definition) is 3. The van der Waals surface area contributed by atoms with E-state index in [-0.39, 0.29) is 5.91 Å². The van der Waals surface area contributed by atoms with Crippen LogP contribution in [0.1, 0.15) is 43.0 Å². The Labute approximate surface area is 122 Å². The predicted molar refractivity (Wildman–Crippen MR) is 79.9 cm³/mol. The number of pyridine rings is 1. The van der Waals surface area contributed by atoms with Gasteiger partial charge in [-0.15, -0.1) is 0 Å². The smallest absolute Gasteiger partial charge is 0.257 e. The lowest BCUT2D eigenvalue weighted by molar-refractivity contribution is 0.0687. The predicted octanol–water partition coefficient (Wildman–Crippen LogP) is 3.08. The Bertz CT molecular complexity index is 456. The van der Waals surface area contributed by atoms with Crippen molar-refractivity contribution in [2.24, 2.45) is 5.92 Å². The second kappa shape index (κ2) is 6.37. The summed E-state index contributed by atoms with van der Waals surface area (Å²) in [6.45, 7) is 3.87. The first-order chi connectivity index (χ1) is 9.11. The minimum absolute atomic E-state index is 0.00116. The van der Waals surface area contributed by atoms with Gasteiger partial charge in [0.2, 0.25) is 0 Å². The van der Waals surface area contributed by atoms with Gasteiger partial charge in [0.25, 0.3) is 5.91 Å². The van der Waals surface area contributed by atoms with Gasteiger partial charge < -0.3 is 10.6 Å². The zero-order valence-corrected chi connectivity index (χ0v) is 12.8. The van der Waals surface area contributed by atoms with Crippen molar-refractivity contribution in [2.75, 3.05) is 18.8 Å². The number of nitrogens with two attached hydrogens (primary N) is 1. The van der Waals surface area contributed by atoms with E-state index in [1.54, 1.807) is 12.3 Å². The summed E-state index contributed by atoms with van der Waals surface area (Å²) in [5, 5.41) is 0. The third-order valence-corrected chi connectivity index (χ3v) is 4.15. The summed E-state index contributed by atoms with van der Waals surface area (Å²) in [7, 11) is 0. The van der Waals surface area contributed by atoms with E-state index in [0.717, 1.165) is 36.3 Å². The molecule has 0 saturated carbocycles. The molecule has 104 valence electrons. The number of aromatic nitrogens is 1. The Morgan fingerprint density at radius 3 is 2.84 bits per heavy atom. The van der Waals surface area contributed by atoms with Crippen LogP contribution < -0.4 is 5.73 Å². The molecule has 0 aliphatic carbocycles. The summed E-state index contributed by atoms with van der Waals surface area (Å²) in [6, 6.07) is 1.75. The molecule has 0 aromatic carbocycles. The average molecular weight is 326 g/mol. The van der Waals surface area contributed by atoms with Gasteiger partial charge in [0.15, 0.2) is 0 Å². The minimum atomic E-state index is 0.00116. The highest BCUT2D eigenvalue weighted by atomic mass is 79.9. The molecular weight excluding hydrogens is 306 g/mol. The highest BCUT2D eigenvalue weighted by Gasteiger charge is 2.24. The molecular formula is C14H20BrN3O. The van der Waals surface area contributed by atoms with Gasteiger partial charge in [0, 0.05) is 23.8 Å². The van der Waals surface area contributed by atoms with Crippen LogP contribution >= 0.6 is 15.9 Å². The van der Waals surface area contributed by atoms with Crippen LogP contribution in [0.5, 0.6) is 0 Å². The maximum absolute atomic E-state index is 12.4. The fourth-order valence-electron chi connectivity index (χ4n) is 2.62. The van der Waals surface area contributed by atoms with Gasteiger partial charge in [-0.25, -0.2) is 4.98 Å². The largest absolute Gasteiger partial charge is 0.383 e. The zero-order valence-electron chi connectivity index (χ0n) is 11.2.